The summed E-state index contributed by atoms with van der Waals surface area (Å²) in [4.78, 5) is 34.1. The Labute approximate surface area is 236 Å². The summed E-state index contributed by atoms with van der Waals surface area (Å²) < 4.78 is 45.4. The Hall–Kier alpha value is -3.96. The maximum Gasteiger partial charge on any atom is 0.416 e. The number of ether oxygens (including phenoxy) is 1. The third-order valence-corrected chi connectivity index (χ3v) is 7.11. The molecule has 0 spiro atoms. The number of benzene rings is 2. The lowest BCUT2D eigenvalue weighted by Crippen LogP contribution is -2.49. The summed E-state index contributed by atoms with van der Waals surface area (Å²) in [7, 11) is 1.84. The molecule has 41 heavy (non-hydrogen) atoms. The monoisotopic (exact) mass is 570 g/mol. The Bertz CT molecular complexity index is 1350. The standard InChI is InChI=1S/C30H33F3N4O4/c1-19-15-37(20(2)18-38)29(40)24-5-4-6-25(35-28(39)22-11-13-34-14-12-22)27(24)41-26(19)17-36(3)16-21-7-9-23(10-8-21)30(31,32)33/h4-14,19-20,26,38H,15-18H2,1-3H3,(H,35,39)/t19-,20-,26+/m1/s1. The Kier molecular flexibility index (Phi) is 9.29. The predicted molar refractivity (Wildman–Crippen MR) is 148 cm³/mol. The average molecular weight is 571 g/mol. The van der Waals surface area contributed by atoms with E-state index in [0.717, 1.165) is 12.1 Å². The molecule has 0 saturated heterocycles. The number of hydrogen-bond donors (Lipinski definition) is 2. The summed E-state index contributed by atoms with van der Waals surface area (Å²) in [6, 6.07) is 12.6. The van der Waals surface area contributed by atoms with E-state index in [2.05, 4.69) is 10.3 Å². The van der Waals surface area contributed by atoms with Gasteiger partial charge in [-0.3, -0.25) is 19.5 Å². The zero-order chi connectivity index (χ0) is 29.7. The van der Waals surface area contributed by atoms with Crippen LogP contribution in [0.4, 0.5) is 18.9 Å². The maximum atomic E-state index is 13.6. The Balaban J connectivity index is 1.63. The first-order valence-electron chi connectivity index (χ1n) is 13.3. The van der Waals surface area contributed by atoms with Crippen LogP contribution >= 0.6 is 0 Å². The number of nitrogens with zero attached hydrogens (tertiary/aromatic N) is 3. The van der Waals surface area contributed by atoms with Gasteiger partial charge in [-0.2, -0.15) is 13.2 Å². The predicted octanol–water partition coefficient (Wildman–Crippen LogP) is 4.70. The molecule has 4 rings (SSSR count). The average Bonchev–Trinajstić information content (AvgIpc) is 2.95. The van der Waals surface area contributed by atoms with Crippen molar-refractivity contribution in [3.8, 4) is 5.75 Å². The minimum absolute atomic E-state index is 0.194. The molecule has 218 valence electrons. The summed E-state index contributed by atoms with van der Waals surface area (Å²) in [5.74, 6) is -0.705. The van der Waals surface area contributed by atoms with Gasteiger partial charge in [0.25, 0.3) is 11.8 Å². The number of alkyl halides is 3. The van der Waals surface area contributed by atoms with Crippen LogP contribution in [0, 0.1) is 5.92 Å². The van der Waals surface area contributed by atoms with E-state index in [9.17, 15) is 27.9 Å². The molecule has 1 aliphatic heterocycles. The molecule has 2 N–H and O–H groups in total. The lowest BCUT2D eigenvalue weighted by Gasteiger charge is -2.38. The summed E-state index contributed by atoms with van der Waals surface area (Å²) in [5, 5.41) is 12.7. The van der Waals surface area contributed by atoms with Gasteiger partial charge in [-0.1, -0.05) is 25.1 Å². The number of aromatic nitrogens is 1. The van der Waals surface area contributed by atoms with Gasteiger partial charge < -0.3 is 20.1 Å². The maximum absolute atomic E-state index is 13.6. The number of halogens is 3. The molecule has 0 fully saturated rings. The van der Waals surface area contributed by atoms with Gasteiger partial charge in [0, 0.05) is 43.5 Å². The molecule has 3 aromatic rings. The second-order valence-electron chi connectivity index (χ2n) is 10.4. The molecule has 0 saturated carbocycles. The highest BCUT2D eigenvalue weighted by Gasteiger charge is 2.35. The number of carbonyl (C=O) groups excluding carboxylic acids is 2. The second-order valence-corrected chi connectivity index (χ2v) is 10.4. The molecule has 1 aromatic heterocycles. The van der Waals surface area contributed by atoms with Gasteiger partial charge in [0.2, 0.25) is 0 Å². The largest absolute Gasteiger partial charge is 0.486 e. The normalized spacial score (nSPS) is 18.2. The highest BCUT2D eigenvalue weighted by molar-refractivity contribution is 6.07. The summed E-state index contributed by atoms with van der Waals surface area (Å²) in [5.41, 5.74) is 0.947. The number of aliphatic hydroxyl groups excluding tert-OH is 1. The van der Waals surface area contributed by atoms with Crippen molar-refractivity contribution >= 4 is 17.5 Å². The lowest BCUT2D eigenvalue weighted by molar-refractivity contribution is -0.137. The second kappa shape index (κ2) is 12.7. The van der Waals surface area contributed by atoms with Crippen LogP contribution in [0.1, 0.15) is 45.7 Å². The first kappa shape index (κ1) is 30.0. The first-order chi connectivity index (χ1) is 19.5. The Morgan fingerprint density at radius 3 is 2.49 bits per heavy atom. The molecule has 0 unspecified atom stereocenters. The van der Waals surface area contributed by atoms with Gasteiger partial charge in [-0.05, 0) is 55.9 Å². The van der Waals surface area contributed by atoms with Crippen LogP contribution in [0.15, 0.2) is 67.0 Å². The number of rotatable bonds is 8. The van der Waals surface area contributed by atoms with E-state index >= 15 is 0 Å². The quantitative estimate of drug-likeness (QED) is 0.408. The molecular weight excluding hydrogens is 537 g/mol. The molecule has 11 heteroatoms. The SMILES string of the molecule is C[C@@H]1CN([C@H](C)CO)C(=O)c2cccc(NC(=O)c3ccncc3)c2O[C@H]1CN(C)Cc1ccc(C(F)(F)F)cc1. The van der Waals surface area contributed by atoms with Crippen LogP contribution in [-0.4, -0.2) is 70.6 Å². The van der Waals surface area contributed by atoms with Gasteiger partial charge in [0.05, 0.1) is 29.5 Å². The highest BCUT2D eigenvalue weighted by Crippen LogP contribution is 2.35. The molecular formula is C30H33F3N4O4. The van der Waals surface area contributed by atoms with E-state index in [1.165, 1.54) is 24.5 Å². The third kappa shape index (κ3) is 7.22. The number of pyridine rings is 1. The molecule has 0 aliphatic carbocycles. The number of nitrogens with one attached hydrogen (secondary N) is 1. The van der Waals surface area contributed by atoms with Crippen LogP contribution in [0.3, 0.4) is 0 Å². The molecule has 1 aliphatic rings. The van der Waals surface area contributed by atoms with E-state index < -0.39 is 29.8 Å². The van der Waals surface area contributed by atoms with Crippen LogP contribution < -0.4 is 10.1 Å². The van der Waals surface area contributed by atoms with Crippen LogP contribution in [-0.2, 0) is 12.7 Å². The van der Waals surface area contributed by atoms with Crippen molar-refractivity contribution in [3.63, 3.8) is 0 Å². The molecule has 0 radical (unpaired) electrons. The topological polar surface area (TPSA) is 95.0 Å². The fourth-order valence-electron chi connectivity index (χ4n) is 4.74. The van der Waals surface area contributed by atoms with Crippen molar-refractivity contribution in [1.82, 2.24) is 14.8 Å². The lowest BCUT2D eigenvalue weighted by atomic mass is 9.98. The number of amides is 2. The number of fused-ring (bicyclic) bond motifs is 1. The van der Waals surface area contributed by atoms with Gasteiger partial charge in [-0.25, -0.2) is 0 Å². The molecule has 3 atom stereocenters. The molecule has 8 nitrogen and oxygen atoms in total. The van der Waals surface area contributed by atoms with E-state index in [-0.39, 0.29) is 29.7 Å². The number of hydrogen-bond acceptors (Lipinski definition) is 6. The van der Waals surface area contributed by atoms with E-state index in [1.807, 2.05) is 18.9 Å². The fraction of sp³-hybridized carbons (Fsp3) is 0.367. The first-order valence-corrected chi connectivity index (χ1v) is 13.3. The van der Waals surface area contributed by atoms with Crippen molar-refractivity contribution in [1.29, 1.82) is 0 Å². The van der Waals surface area contributed by atoms with Crippen LogP contribution in [0.25, 0.3) is 0 Å². The Morgan fingerprint density at radius 2 is 1.85 bits per heavy atom. The van der Waals surface area contributed by atoms with Gasteiger partial charge in [0.15, 0.2) is 5.75 Å². The molecule has 2 heterocycles. The number of likely N-dealkylation sites (N-methyl/N-ethyl adjacent to an activating group) is 1. The number of carbonyl (C=O) groups is 2. The fourth-order valence-corrected chi connectivity index (χ4v) is 4.74. The molecule has 2 amide bonds. The van der Waals surface area contributed by atoms with E-state index in [0.29, 0.717) is 36.4 Å². The molecule has 0 bridgehead atoms. The van der Waals surface area contributed by atoms with Crippen molar-refractivity contribution in [2.75, 3.05) is 32.1 Å². The molecule has 2 aromatic carbocycles. The Morgan fingerprint density at radius 1 is 1.17 bits per heavy atom. The van der Waals surface area contributed by atoms with Crippen molar-refractivity contribution in [3.05, 3.63) is 89.2 Å². The summed E-state index contributed by atoms with van der Waals surface area (Å²) >= 11 is 0. The van der Waals surface area contributed by atoms with Gasteiger partial charge >= 0.3 is 6.18 Å². The minimum atomic E-state index is -4.40. The van der Waals surface area contributed by atoms with Crippen LogP contribution in [0.5, 0.6) is 5.75 Å². The third-order valence-electron chi connectivity index (χ3n) is 7.11. The van der Waals surface area contributed by atoms with Crippen LogP contribution in [0.2, 0.25) is 0 Å². The zero-order valence-electron chi connectivity index (χ0n) is 23.1. The van der Waals surface area contributed by atoms with Crippen molar-refractivity contribution in [2.45, 2.75) is 38.7 Å². The summed E-state index contributed by atoms with van der Waals surface area (Å²) in [6.07, 6.45) is -1.86. The smallest absolute Gasteiger partial charge is 0.416 e. The van der Waals surface area contributed by atoms with Crippen molar-refractivity contribution in [2.24, 2.45) is 5.92 Å². The van der Waals surface area contributed by atoms with Crippen molar-refractivity contribution < 1.29 is 32.6 Å². The van der Waals surface area contributed by atoms with Gasteiger partial charge in [-0.15, -0.1) is 0 Å². The number of aliphatic hydroxyl groups is 1. The summed E-state index contributed by atoms with van der Waals surface area (Å²) in [6.45, 7) is 4.52. The van der Waals surface area contributed by atoms with Gasteiger partial charge in [0.1, 0.15) is 6.10 Å². The van der Waals surface area contributed by atoms with E-state index in [1.54, 1.807) is 42.2 Å². The zero-order valence-corrected chi connectivity index (χ0v) is 23.1. The minimum Gasteiger partial charge on any atom is -0.486 e. The highest BCUT2D eigenvalue weighted by atomic mass is 19.4. The van der Waals surface area contributed by atoms with E-state index in [4.69, 9.17) is 4.74 Å². The number of anilines is 1. The number of para-hydroxylation sites is 1.